The van der Waals surface area contributed by atoms with Crippen molar-refractivity contribution in [2.45, 2.75) is 52.7 Å². The third-order valence-corrected chi connectivity index (χ3v) is 3.67. The second-order valence-electron chi connectivity index (χ2n) is 5.68. The molecule has 0 radical (unpaired) electrons. The molecule has 2 heteroatoms. The smallest absolute Gasteiger partial charge is 0.124 e. The zero-order chi connectivity index (χ0) is 13.1. The lowest BCUT2D eigenvalue weighted by atomic mass is 9.90. The zero-order valence-electron chi connectivity index (χ0n) is 12.0. The van der Waals surface area contributed by atoms with E-state index in [9.17, 15) is 0 Å². The summed E-state index contributed by atoms with van der Waals surface area (Å²) in [5.41, 5.74) is 2.64. The average molecular weight is 247 g/mol. The lowest BCUT2D eigenvalue weighted by Gasteiger charge is -2.35. The van der Waals surface area contributed by atoms with E-state index in [4.69, 9.17) is 4.74 Å². The SMILES string of the molecule is CCCNC1CC(C(C)C)Oc2ccc(C)cc21. The van der Waals surface area contributed by atoms with Crippen molar-refractivity contribution in [3.63, 3.8) is 0 Å². The van der Waals surface area contributed by atoms with Gasteiger partial charge in [0.25, 0.3) is 0 Å². The highest BCUT2D eigenvalue weighted by Gasteiger charge is 2.29. The van der Waals surface area contributed by atoms with Gasteiger partial charge < -0.3 is 10.1 Å². The monoisotopic (exact) mass is 247 g/mol. The summed E-state index contributed by atoms with van der Waals surface area (Å²) in [6.07, 6.45) is 2.58. The van der Waals surface area contributed by atoms with Crippen LogP contribution in [0.15, 0.2) is 18.2 Å². The number of hydrogen-bond donors (Lipinski definition) is 1. The van der Waals surface area contributed by atoms with Crippen LogP contribution >= 0.6 is 0 Å². The van der Waals surface area contributed by atoms with Crippen LogP contribution in [-0.2, 0) is 0 Å². The van der Waals surface area contributed by atoms with Gasteiger partial charge in [0.2, 0.25) is 0 Å². The Morgan fingerprint density at radius 3 is 2.83 bits per heavy atom. The molecule has 0 spiro atoms. The minimum absolute atomic E-state index is 0.328. The van der Waals surface area contributed by atoms with E-state index in [1.165, 1.54) is 17.5 Å². The first-order chi connectivity index (χ1) is 8.61. The fraction of sp³-hybridized carbons (Fsp3) is 0.625. The normalized spacial score (nSPS) is 22.7. The Labute approximate surface area is 111 Å². The van der Waals surface area contributed by atoms with Crippen molar-refractivity contribution in [2.24, 2.45) is 5.92 Å². The Morgan fingerprint density at radius 1 is 1.39 bits per heavy atom. The van der Waals surface area contributed by atoms with Crippen LogP contribution < -0.4 is 10.1 Å². The van der Waals surface area contributed by atoms with Gasteiger partial charge in [-0.25, -0.2) is 0 Å². The summed E-state index contributed by atoms with van der Waals surface area (Å²) < 4.78 is 6.12. The maximum Gasteiger partial charge on any atom is 0.124 e. The van der Waals surface area contributed by atoms with Crippen LogP contribution in [-0.4, -0.2) is 12.6 Å². The fourth-order valence-corrected chi connectivity index (χ4v) is 2.54. The number of aryl methyl sites for hydroxylation is 1. The first-order valence-electron chi connectivity index (χ1n) is 7.12. The van der Waals surface area contributed by atoms with E-state index in [0.717, 1.165) is 18.7 Å². The van der Waals surface area contributed by atoms with Crippen molar-refractivity contribution in [1.82, 2.24) is 5.32 Å². The van der Waals surface area contributed by atoms with Gasteiger partial charge >= 0.3 is 0 Å². The lowest BCUT2D eigenvalue weighted by Crippen LogP contribution is -2.36. The molecule has 0 aromatic heterocycles. The second kappa shape index (κ2) is 5.75. The number of benzene rings is 1. The highest BCUT2D eigenvalue weighted by molar-refractivity contribution is 5.41. The van der Waals surface area contributed by atoms with E-state index in [1.807, 2.05) is 0 Å². The number of rotatable bonds is 4. The Hall–Kier alpha value is -1.02. The molecule has 0 amide bonds. The number of fused-ring (bicyclic) bond motifs is 1. The average Bonchev–Trinajstić information content (AvgIpc) is 2.35. The quantitative estimate of drug-likeness (QED) is 0.872. The molecule has 1 aliphatic rings. The zero-order valence-corrected chi connectivity index (χ0v) is 12.0. The van der Waals surface area contributed by atoms with Gasteiger partial charge in [0, 0.05) is 18.0 Å². The highest BCUT2D eigenvalue weighted by atomic mass is 16.5. The summed E-state index contributed by atoms with van der Waals surface area (Å²) in [6.45, 7) is 9.90. The molecule has 1 aromatic rings. The van der Waals surface area contributed by atoms with Gasteiger partial charge in [-0.05, 0) is 31.9 Å². The number of ether oxygens (including phenoxy) is 1. The van der Waals surface area contributed by atoms with Crippen molar-refractivity contribution in [3.05, 3.63) is 29.3 Å². The fourth-order valence-electron chi connectivity index (χ4n) is 2.54. The summed E-state index contributed by atoms with van der Waals surface area (Å²) >= 11 is 0. The number of nitrogens with one attached hydrogen (secondary N) is 1. The standard InChI is InChI=1S/C16H25NO/c1-5-8-17-14-10-16(11(2)3)18-15-7-6-12(4)9-13(14)15/h6-7,9,11,14,16-17H,5,8,10H2,1-4H3. The molecule has 0 bridgehead atoms. The predicted molar refractivity (Wildman–Crippen MR) is 76.1 cm³/mol. The summed E-state index contributed by atoms with van der Waals surface area (Å²) in [5, 5.41) is 3.66. The lowest BCUT2D eigenvalue weighted by molar-refractivity contribution is 0.107. The molecule has 100 valence electrons. The Kier molecular flexibility index (Phi) is 4.28. The minimum atomic E-state index is 0.328. The molecule has 2 nitrogen and oxygen atoms in total. The first-order valence-corrected chi connectivity index (χ1v) is 7.12. The van der Waals surface area contributed by atoms with Crippen LogP contribution in [0.2, 0.25) is 0 Å². The van der Waals surface area contributed by atoms with Crippen molar-refractivity contribution in [2.75, 3.05) is 6.54 Å². The molecule has 1 aromatic carbocycles. The van der Waals surface area contributed by atoms with Crippen LogP contribution in [0.3, 0.4) is 0 Å². The highest BCUT2D eigenvalue weighted by Crippen LogP contribution is 2.37. The van der Waals surface area contributed by atoms with Crippen molar-refractivity contribution in [1.29, 1.82) is 0 Å². The molecule has 18 heavy (non-hydrogen) atoms. The van der Waals surface area contributed by atoms with Gasteiger partial charge in [0.05, 0.1) is 0 Å². The molecular weight excluding hydrogens is 222 g/mol. The summed E-state index contributed by atoms with van der Waals surface area (Å²) in [5.74, 6) is 1.63. The van der Waals surface area contributed by atoms with E-state index in [2.05, 4.69) is 51.2 Å². The van der Waals surface area contributed by atoms with Crippen LogP contribution in [0.5, 0.6) is 5.75 Å². The van der Waals surface area contributed by atoms with Crippen LogP contribution in [0.1, 0.15) is 50.8 Å². The molecule has 2 atom stereocenters. The molecule has 0 fully saturated rings. The van der Waals surface area contributed by atoms with Gasteiger partial charge in [-0.1, -0.05) is 38.5 Å². The molecule has 0 aliphatic carbocycles. The predicted octanol–water partition coefficient (Wildman–Crippen LogP) is 3.84. The maximum absolute atomic E-state index is 6.12. The van der Waals surface area contributed by atoms with Crippen molar-refractivity contribution < 1.29 is 4.74 Å². The van der Waals surface area contributed by atoms with Gasteiger partial charge in [-0.15, -0.1) is 0 Å². The largest absolute Gasteiger partial charge is 0.490 e. The Morgan fingerprint density at radius 2 is 2.17 bits per heavy atom. The second-order valence-corrected chi connectivity index (χ2v) is 5.68. The van der Waals surface area contributed by atoms with Crippen LogP contribution in [0.4, 0.5) is 0 Å². The van der Waals surface area contributed by atoms with Gasteiger partial charge in [-0.2, -0.15) is 0 Å². The van der Waals surface area contributed by atoms with Gasteiger partial charge in [0.15, 0.2) is 0 Å². The van der Waals surface area contributed by atoms with Crippen LogP contribution in [0.25, 0.3) is 0 Å². The topological polar surface area (TPSA) is 21.3 Å². The molecule has 0 saturated heterocycles. The van der Waals surface area contributed by atoms with E-state index in [0.29, 0.717) is 18.1 Å². The molecule has 1 N–H and O–H groups in total. The molecular formula is C16H25NO. The summed E-state index contributed by atoms with van der Waals surface area (Å²) in [6, 6.07) is 6.97. The molecule has 2 rings (SSSR count). The van der Waals surface area contributed by atoms with Gasteiger partial charge in [-0.3, -0.25) is 0 Å². The minimum Gasteiger partial charge on any atom is -0.490 e. The van der Waals surface area contributed by atoms with Gasteiger partial charge in [0.1, 0.15) is 11.9 Å². The molecule has 1 heterocycles. The molecule has 1 aliphatic heterocycles. The summed E-state index contributed by atoms with van der Waals surface area (Å²) in [7, 11) is 0. The van der Waals surface area contributed by atoms with E-state index >= 15 is 0 Å². The summed E-state index contributed by atoms with van der Waals surface area (Å²) in [4.78, 5) is 0. The first kappa shape index (κ1) is 13.4. The van der Waals surface area contributed by atoms with Crippen molar-refractivity contribution >= 4 is 0 Å². The Balaban J connectivity index is 2.25. The van der Waals surface area contributed by atoms with Crippen LogP contribution in [0, 0.1) is 12.8 Å². The Bertz CT molecular complexity index is 400. The van der Waals surface area contributed by atoms with Crippen molar-refractivity contribution in [3.8, 4) is 5.75 Å². The van der Waals surface area contributed by atoms with E-state index in [1.54, 1.807) is 0 Å². The molecule has 2 unspecified atom stereocenters. The third kappa shape index (κ3) is 2.86. The third-order valence-electron chi connectivity index (χ3n) is 3.67. The number of hydrogen-bond acceptors (Lipinski definition) is 2. The van der Waals surface area contributed by atoms with E-state index in [-0.39, 0.29) is 0 Å². The maximum atomic E-state index is 6.12. The molecule has 0 saturated carbocycles. The van der Waals surface area contributed by atoms with E-state index < -0.39 is 0 Å².